The van der Waals surface area contributed by atoms with Crippen molar-refractivity contribution in [2.75, 3.05) is 43.0 Å². The Morgan fingerprint density at radius 3 is 2.15 bits per heavy atom. The van der Waals surface area contributed by atoms with Gasteiger partial charge in [0.1, 0.15) is 5.82 Å². The van der Waals surface area contributed by atoms with Crippen molar-refractivity contribution < 1.29 is 27.6 Å². The van der Waals surface area contributed by atoms with E-state index in [1.54, 1.807) is 24.3 Å². The van der Waals surface area contributed by atoms with Gasteiger partial charge in [-0.05, 0) is 49.4 Å². The quantitative estimate of drug-likeness (QED) is 0.207. The summed E-state index contributed by atoms with van der Waals surface area (Å²) in [6.07, 6.45) is -1.01. The molecule has 0 bridgehead atoms. The highest BCUT2D eigenvalue weighted by atomic mass is 35.5. The van der Waals surface area contributed by atoms with E-state index in [9.17, 15) is 22.8 Å². The molecule has 0 aliphatic carbocycles. The number of nitrogens with zero attached hydrogens (tertiary/aromatic N) is 4. The van der Waals surface area contributed by atoms with E-state index < -0.39 is 17.7 Å². The fourth-order valence-corrected chi connectivity index (χ4v) is 4.29. The average Bonchev–Trinajstić information content (AvgIpc) is 2.92. The van der Waals surface area contributed by atoms with Gasteiger partial charge in [0.25, 0.3) is 0 Å². The number of alkyl halides is 3. The largest absolute Gasteiger partial charge is 0.417 e. The number of halogens is 4. The van der Waals surface area contributed by atoms with E-state index in [-0.39, 0.29) is 10.8 Å². The Bertz CT molecular complexity index is 1350. The molecule has 3 aromatic rings. The number of hydroxylamine groups is 2. The molecule has 39 heavy (non-hydrogen) atoms. The van der Waals surface area contributed by atoms with Gasteiger partial charge in [0, 0.05) is 63.0 Å². The monoisotopic (exact) mass is 558 g/mol. The molecular weight excluding hydrogens is 533 g/mol. The molecule has 0 unspecified atom stereocenters. The second kappa shape index (κ2) is 11.8. The molecule has 0 amide bonds. The highest BCUT2D eigenvalue weighted by Crippen LogP contribution is 2.34. The highest BCUT2D eigenvalue weighted by Gasteiger charge is 2.32. The van der Waals surface area contributed by atoms with Crippen LogP contribution in [0.3, 0.4) is 0 Å². The van der Waals surface area contributed by atoms with Crippen molar-refractivity contribution in [2.24, 2.45) is 0 Å². The number of hydrogen-bond acceptors (Lipinski definition) is 7. The van der Waals surface area contributed by atoms with Crippen molar-refractivity contribution in [2.45, 2.75) is 13.1 Å². The van der Waals surface area contributed by atoms with Gasteiger partial charge in [-0.15, -0.1) is 0 Å². The minimum absolute atomic E-state index is 0.0373. The zero-order chi connectivity index (χ0) is 28.2. The maximum Gasteiger partial charge on any atom is 0.417 e. The van der Waals surface area contributed by atoms with E-state index in [0.29, 0.717) is 43.1 Å². The highest BCUT2D eigenvalue weighted by molar-refractivity contribution is 6.33. The first-order valence-corrected chi connectivity index (χ1v) is 12.5. The van der Waals surface area contributed by atoms with Crippen LogP contribution in [0.1, 0.15) is 31.8 Å². The van der Waals surface area contributed by atoms with Gasteiger partial charge in [0.2, 0.25) is 0 Å². The van der Waals surface area contributed by atoms with Crippen molar-refractivity contribution >= 4 is 34.9 Å². The number of rotatable bonds is 7. The lowest BCUT2D eigenvalue weighted by Gasteiger charge is -2.37. The Balaban J connectivity index is 1.30. The molecule has 1 aliphatic heterocycles. The topological polar surface area (TPSA) is 66.0 Å². The van der Waals surface area contributed by atoms with Gasteiger partial charge in [-0.25, -0.2) is 14.8 Å². The fourth-order valence-electron chi connectivity index (χ4n) is 4.00. The van der Waals surface area contributed by atoms with Crippen LogP contribution in [0.4, 0.5) is 24.7 Å². The normalized spacial score (nSPS) is 14.0. The van der Waals surface area contributed by atoms with Gasteiger partial charge in [-0.3, -0.25) is 4.79 Å². The van der Waals surface area contributed by atoms with Crippen LogP contribution in [0.2, 0.25) is 5.02 Å². The first kappa shape index (κ1) is 28.0. The minimum Gasteiger partial charge on any atom is -0.368 e. The second-order valence-electron chi connectivity index (χ2n) is 9.02. The van der Waals surface area contributed by atoms with E-state index in [0.717, 1.165) is 23.5 Å². The molecular formula is C28H26ClF3N4O3. The first-order valence-electron chi connectivity index (χ1n) is 12.1. The van der Waals surface area contributed by atoms with E-state index in [1.807, 2.05) is 36.1 Å². The van der Waals surface area contributed by atoms with E-state index in [1.165, 1.54) is 24.4 Å². The standard InChI is InChI=1S/C28H26ClF3N4O3/c1-19-3-5-21(6-4-19)27(38)39-34(2)12-11-25(37)20-7-9-23(10-8-20)35-13-15-36(16-14-35)26-24(29)17-22(18-33-26)28(30,31)32/h3-12,17-18H,13-16H2,1-2H3/b12-11+. The van der Waals surface area contributed by atoms with Crippen molar-refractivity contribution in [3.63, 3.8) is 0 Å². The summed E-state index contributed by atoms with van der Waals surface area (Å²) in [5.74, 6) is -0.463. The van der Waals surface area contributed by atoms with Crippen LogP contribution in [0.5, 0.6) is 0 Å². The summed E-state index contributed by atoms with van der Waals surface area (Å²) in [6.45, 7) is 4.17. The maximum absolute atomic E-state index is 12.9. The Kier molecular flexibility index (Phi) is 8.44. The third kappa shape index (κ3) is 7.08. The van der Waals surface area contributed by atoms with Gasteiger partial charge in [0.05, 0.1) is 16.1 Å². The summed E-state index contributed by atoms with van der Waals surface area (Å²) in [5, 5.41) is 1.14. The summed E-state index contributed by atoms with van der Waals surface area (Å²) in [4.78, 5) is 37.9. The number of carbonyl (C=O) groups is 2. The zero-order valence-electron chi connectivity index (χ0n) is 21.3. The van der Waals surface area contributed by atoms with Gasteiger partial charge in [-0.2, -0.15) is 13.2 Å². The van der Waals surface area contributed by atoms with Crippen molar-refractivity contribution in [3.05, 3.63) is 100 Å². The summed E-state index contributed by atoms with van der Waals surface area (Å²) < 4.78 is 38.7. The minimum atomic E-state index is -4.50. The molecule has 0 atom stereocenters. The Hall–Kier alpha value is -4.05. The summed E-state index contributed by atoms with van der Waals surface area (Å²) in [5.41, 5.74) is 1.93. The smallest absolute Gasteiger partial charge is 0.368 e. The molecule has 1 saturated heterocycles. The molecule has 11 heteroatoms. The van der Waals surface area contributed by atoms with Crippen LogP contribution in [-0.4, -0.2) is 55.0 Å². The Morgan fingerprint density at radius 2 is 1.56 bits per heavy atom. The van der Waals surface area contributed by atoms with Gasteiger partial charge >= 0.3 is 12.1 Å². The average molecular weight is 559 g/mol. The maximum atomic E-state index is 12.9. The molecule has 1 aromatic heterocycles. The molecule has 0 N–H and O–H groups in total. The summed E-state index contributed by atoms with van der Waals surface area (Å²) in [7, 11) is 1.52. The third-order valence-corrected chi connectivity index (χ3v) is 6.47. The molecule has 4 rings (SSSR count). The molecule has 0 spiro atoms. The van der Waals surface area contributed by atoms with Gasteiger partial charge < -0.3 is 14.6 Å². The number of aryl methyl sites for hydroxylation is 1. The van der Waals surface area contributed by atoms with Crippen LogP contribution in [0.25, 0.3) is 0 Å². The number of benzene rings is 2. The van der Waals surface area contributed by atoms with Gasteiger partial charge in [0.15, 0.2) is 5.78 Å². The van der Waals surface area contributed by atoms with Crippen molar-refractivity contribution in [1.29, 1.82) is 0 Å². The molecule has 7 nitrogen and oxygen atoms in total. The van der Waals surface area contributed by atoms with Crippen LogP contribution in [0, 0.1) is 6.92 Å². The summed E-state index contributed by atoms with van der Waals surface area (Å²) in [6, 6.07) is 14.9. The van der Waals surface area contributed by atoms with E-state index >= 15 is 0 Å². The Morgan fingerprint density at radius 1 is 0.974 bits per heavy atom. The van der Waals surface area contributed by atoms with Crippen LogP contribution in [0.15, 0.2) is 73.1 Å². The molecule has 2 aromatic carbocycles. The van der Waals surface area contributed by atoms with Crippen molar-refractivity contribution in [3.8, 4) is 0 Å². The van der Waals surface area contributed by atoms with Crippen LogP contribution < -0.4 is 9.80 Å². The molecule has 1 aliphatic rings. The first-order chi connectivity index (χ1) is 18.5. The van der Waals surface area contributed by atoms with Crippen LogP contribution in [-0.2, 0) is 11.0 Å². The number of hydrogen-bond donors (Lipinski definition) is 0. The molecule has 204 valence electrons. The lowest BCUT2D eigenvalue weighted by atomic mass is 10.1. The lowest BCUT2D eigenvalue weighted by molar-refractivity contribution is -0.137. The predicted octanol–water partition coefficient (Wildman–Crippen LogP) is 5.79. The number of anilines is 2. The predicted molar refractivity (Wildman–Crippen MR) is 143 cm³/mol. The number of aromatic nitrogens is 1. The number of piperazine rings is 1. The van der Waals surface area contributed by atoms with E-state index in [4.69, 9.17) is 16.4 Å². The molecule has 1 fully saturated rings. The molecule has 2 heterocycles. The molecule has 0 radical (unpaired) electrons. The lowest BCUT2D eigenvalue weighted by Crippen LogP contribution is -2.47. The Labute approximate surface area is 229 Å². The van der Waals surface area contributed by atoms with E-state index in [2.05, 4.69) is 9.88 Å². The number of allylic oxidation sites excluding steroid dienone is 1. The van der Waals surface area contributed by atoms with Crippen LogP contribution >= 0.6 is 11.6 Å². The third-order valence-electron chi connectivity index (χ3n) is 6.20. The SMILES string of the molecule is Cc1ccc(C(=O)ON(C)/C=C/C(=O)c2ccc(N3CCN(c4ncc(C(F)(F)F)cc4Cl)CC3)cc2)cc1. The molecule has 0 saturated carbocycles. The number of pyridine rings is 1. The second-order valence-corrected chi connectivity index (χ2v) is 9.43. The fraction of sp³-hybridized carbons (Fsp3) is 0.250. The zero-order valence-corrected chi connectivity index (χ0v) is 22.0. The number of carbonyl (C=O) groups excluding carboxylic acids is 2. The van der Waals surface area contributed by atoms with Gasteiger partial charge in [-0.1, -0.05) is 29.3 Å². The van der Waals surface area contributed by atoms with Crippen molar-refractivity contribution in [1.82, 2.24) is 10.0 Å². The summed E-state index contributed by atoms with van der Waals surface area (Å²) >= 11 is 6.09. The number of ketones is 1.